The number of fused-ring (bicyclic) bond motifs is 7. The fourth-order valence-electron chi connectivity index (χ4n) is 7.42. The number of benzene rings is 1. The molecule has 5 atom stereocenters. The number of aromatic amines is 1. The zero-order valence-corrected chi connectivity index (χ0v) is 19.0. The summed E-state index contributed by atoms with van der Waals surface area (Å²) in [6, 6.07) is 5.65. The summed E-state index contributed by atoms with van der Waals surface area (Å²) in [6.45, 7) is 8.02. The monoisotopic (exact) mass is 423 g/mol. The molecule has 31 heavy (non-hydrogen) atoms. The maximum absolute atomic E-state index is 14.5. The standard InChI is InChI=1S/C26H34FN3O/c1-4-30(5-2)23(31)12-11-20-21-15-28-29-25(21)26(3)14-13-17-16-7-6-8-22(27)18(16)9-10-19(17)24(20)26/h6-8,15,17,19-20,24H,4-5,9-14H2,1-3H3,(H,28,29)/t17?,19?,20-,24?,26+/m1/s1. The van der Waals surface area contributed by atoms with Crippen LogP contribution in [-0.4, -0.2) is 34.1 Å². The molecule has 4 nitrogen and oxygen atoms in total. The van der Waals surface area contributed by atoms with E-state index in [0.717, 1.165) is 50.8 Å². The van der Waals surface area contributed by atoms with Crippen molar-refractivity contribution in [2.45, 2.75) is 76.5 Å². The van der Waals surface area contributed by atoms with Gasteiger partial charge in [-0.05, 0) is 92.4 Å². The summed E-state index contributed by atoms with van der Waals surface area (Å²) in [5, 5.41) is 7.83. The fourth-order valence-corrected chi connectivity index (χ4v) is 7.42. The Hall–Kier alpha value is -2.17. The van der Waals surface area contributed by atoms with Gasteiger partial charge in [-0.15, -0.1) is 0 Å². The number of hydrogen-bond donors (Lipinski definition) is 1. The second-order valence-electron chi connectivity index (χ2n) is 10.00. The highest BCUT2D eigenvalue weighted by atomic mass is 19.1. The van der Waals surface area contributed by atoms with Crippen molar-refractivity contribution in [1.82, 2.24) is 15.1 Å². The van der Waals surface area contributed by atoms with Crippen LogP contribution < -0.4 is 0 Å². The number of rotatable bonds is 5. The second-order valence-corrected chi connectivity index (χ2v) is 10.00. The summed E-state index contributed by atoms with van der Waals surface area (Å²) in [6.07, 6.45) is 7.57. The van der Waals surface area contributed by atoms with E-state index < -0.39 is 0 Å². The number of halogens is 1. The van der Waals surface area contributed by atoms with Crippen LogP contribution in [0.25, 0.3) is 0 Å². The van der Waals surface area contributed by atoms with Crippen molar-refractivity contribution < 1.29 is 9.18 Å². The second kappa shape index (κ2) is 7.75. The van der Waals surface area contributed by atoms with Crippen LogP contribution >= 0.6 is 0 Å². The average Bonchev–Trinajstić information content (AvgIpc) is 3.34. The lowest BCUT2D eigenvalue weighted by molar-refractivity contribution is -0.131. The first-order valence-corrected chi connectivity index (χ1v) is 12.1. The Balaban J connectivity index is 1.47. The van der Waals surface area contributed by atoms with Crippen molar-refractivity contribution in [1.29, 1.82) is 0 Å². The fraction of sp³-hybridized carbons (Fsp3) is 0.615. The lowest BCUT2D eigenvalue weighted by Crippen LogP contribution is -2.45. The SMILES string of the molecule is CCN(CC)C(=O)CC[C@@H]1c2c[nH]nc2[C@@]2(C)CCC3c4cccc(F)c4CCC3C12. The highest BCUT2D eigenvalue weighted by Gasteiger charge is 2.58. The number of hydrogen-bond acceptors (Lipinski definition) is 2. The zero-order valence-electron chi connectivity index (χ0n) is 19.0. The van der Waals surface area contributed by atoms with Gasteiger partial charge in [0.15, 0.2) is 0 Å². The van der Waals surface area contributed by atoms with Gasteiger partial charge in [-0.2, -0.15) is 5.10 Å². The molecule has 1 fully saturated rings. The van der Waals surface area contributed by atoms with Gasteiger partial charge in [0.25, 0.3) is 0 Å². The summed E-state index contributed by atoms with van der Waals surface area (Å²) in [7, 11) is 0. The van der Waals surface area contributed by atoms with E-state index in [9.17, 15) is 9.18 Å². The zero-order chi connectivity index (χ0) is 21.8. The Morgan fingerprint density at radius 1 is 1.26 bits per heavy atom. The van der Waals surface area contributed by atoms with Crippen LogP contribution in [0.5, 0.6) is 0 Å². The average molecular weight is 424 g/mol. The molecule has 5 heteroatoms. The van der Waals surface area contributed by atoms with Crippen LogP contribution in [0.3, 0.4) is 0 Å². The number of H-pyrrole nitrogens is 1. The summed E-state index contributed by atoms with van der Waals surface area (Å²) >= 11 is 0. The van der Waals surface area contributed by atoms with E-state index in [1.165, 1.54) is 16.8 Å². The van der Waals surface area contributed by atoms with E-state index in [1.54, 1.807) is 6.07 Å². The normalized spacial score (nSPS) is 30.8. The molecule has 0 spiro atoms. The van der Waals surface area contributed by atoms with Gasteiger partial charge in [-0.1, -0.05) is 19.1 Å². The Morgan fingerprint density at radius 2 is 2.06 bits per heavy atom. The van der Waals surface area contributed by atoms with Crippen molar-refractivity contribution in [3.8, 4) is 0 Å². The molecule has 1 heterocycles. The highest BCUT2D eigenvalue weighted by molar-refractivity contribution is 5.76. The van der Waals surface area contributed by atoms with Gasteiger partial charge in [0.1, 0.15) is 5.82 Å². The molecule has 1 aromatic carbocycles. The van der Waals surface area contributed by atoms with Crippen LogP contribution in [0.15, 0.2) is 24.4 Å². The molecule has 0 aliphatic heterocycles. The van der Waals surface area contributed by atoms with Gasteiger partial charge in [0, 0.05) is 31.1 Å². The van der Waals surface area contributed by atoms with Crippen LogP contribution in [0.4, 0.5) is 4.39 Å². The summed E-state index contributed by atoms with van der Waals surface area (Å²) < 4.78 is 14.5. The number of aromatic nitrogens is 2. The van der Waals surface area contributed by atoms with Gasteiger partial charge < -0.3 is 4.90 Å². The molecule has 2 aromatic rings. The van der Waals surface area contributed by atoms with Crippen LogP contribution in [0.1, 0.15) is 87.1 Å². The van der Waals surface area contributed by atoms with Gasteiger partial charge in [0.2, 0.25) is 5.91 Å². The highest BCUT2D eigenvalue weighted by Crippen LogP contribution is 2.64. The summed E-state index contributed by atoms with van der Waals surface area (Å²) in [5.74, 6) is 1.99. The smallest absolute Gasteiger partial charge is 0.222 e. The van der Waals surface area contributed by atoms with E-state index in [4.69, 9.17) is 5.10 Å². The van der Waals surface area contributed by atoms with Gasteiger partial charge in [0.05, 0.1) is 5.69 Å². The van der Waals surface area contributed by atoms with E-state index >= 15 is 0 Å². The third-order valence-corrected chi connectivity index (χ3v) is 8.80. The molecule has 1 N–H and O–H groups in total. The first kappa shape index (κ1) is 20.7. The molecule has 5 rings (SSSR count). The van der Waals surface area contributed by atoms with Crippen molar-refractivity contribution in [2.24, 2.45) is 11.8 Å². The lowest BCUT2D eigenvalue weighted by atomic mass is 9.53. The van der Waals surface area contributed by atoms with E-state index in [0.29, 0.717) is 30.1 Å². The molecule has 0 radical (unpaired) electrons. The Bertz CT molecular complexity index is 981. The minimum absolute atomic E-state index is 0.0368. The number of carbonyl (C=O) groups excluding carboxylic acids is 1. The molecule has 1 aromatic heterocycles. The van der Waals surface area contributed by atoms with E-state index in [1.807, 2.05) is 24.8 Å². The number of nitrogens with zero attached hydrogens (tertiary/aromatic N) is 2. The van der Waals surface area contributed by atoms with Crippen molar-refractivity contribution >= 4 is 5.91 Å². The molecule has 166 valence electrons. The molecule has 0 saturated heterocycles. The molecule has 0 bridgehead atoms. The van der Waals surface area contributed by atoms with E-state index in [-0.39, 0.29) is 17.1 Å². The Kier molecular flexibility index (Phi) is 5.18. The molecule has 3 unspecified atom stereocenters. The maximum atomic E-state index is 14.5. The quantitative estimate of drug-likeness (QED) is 0.709. The van der Waals surface area contributed by atoms with Crippen molar-refractivity contribution in [2.75, 3.05) is 13.1 Å². The first-order valence-electron chi connectivity index (χ1n) is 12.1. The number of carbonyl (C=O) groups is 1. The third-order valence-electron chi connectivity index (χ3n) is 8.80. The Morgan fingerprint density at radius 3 is 2.84 bits per heavy atom. The molecular weight excluding hydrogens is 389 g/mol. The Labute approximate surface area is 184 Å². The molecule has 3 aliphatic rings. The van der Waals surface area contributed by atoms with Crippen LogP contribution in [0, 0.1) is 17.7 Å². The largest absolute Gasteiger partial charge is 0.343 e. The maximum Gasteiger partial charge on any atom is 0.222 e. The predicted molar refractivity (Wildman–Crippen MR) is 120 cm³/mol. The summed E-state index contributed by atoms with van der Waals surface area (Å²) in [5.41, 5.74) is 4.77. The minimum atomic E-state index is -0.0368. The number of nitrogens with one attached hydrogen (secondary N) is 1. The van der Waals surface area contributed by atoms with Crippen molar-refractivity contribution in [3.05, 3.63) is 52.6 Å². The molecule has 3 aliphatic carbocycles. The topological polar surface area (TPSA) is 49.0 Å². The third kappa shape index (κ3) is 3.07. The predicted octanol–water partition coefficient (Wildman–Crippen LogP) is 5.31. The molecule has 1 amide bonds. The lowest BCUT2D eigenvalue weighted by Gasteiger charge is -2.50. The van der Waals surface area contributed by atoms with Gasteiger partial charge in [-0.25, -0.2) is 4.39 Å². The van der Waals surface area contributed by atoms with Gasteiger partial charge >= 0.3 is 0 Å². The summed E-state index contributed by atoms with van der Waals surface area (Å²) in [4.78, 5) is 14.7. The van der Waals surface area contributed by atoms with Crippen LogP contribution in [0.2, 0.25) is 0 Å². The van der Waals surface area contributed by atoms with Gasteiger partial charge in [-0.3, -0.25) is 9.89 Å². The van der Waals surface area contributed by atoms with Crippen molar-refractivity contribution in [3.63, 3.8) is 0 Å². The van der Waals surface area contributed by atoms with E-state index in [2.05, 4.69) is 24.3 Å². The molecule has 1 saturated carbocycles. The minimum Gasteiger partial charge on any atom is -0.343 e. The molecular formula is C26H34FN3O. The first-order chi connectivity index (χ1) is 15.0. The number of amides is 1. The van der Waals surface area contributed by atoms with Crippen LogP contribution in [-0.2, 0) is 16.6 Å².